The summed E-state index contributed by atoms with van der Waals surface area (Å²) in [7, 11) is -4.26. The molecule has 0 spiro atoms. The third-order valence-electron chi connectivity index (χ3n) is 2.41. The van der Waals surface area contributed by atoms with Gasteiger partial charge < -0.3 is 5.11 Å². The highest BCUT2D eigenvalue weighted by molar-refractivity contribution is 7.88. The van der Waals surface area contributed by atoms with E-state index in [9.17, 15) is 31.7 Å². The molecule has 0 aliphatic heterocycles. The van der Waals surface area contributed by atoms with Crippen LogP contribution < -0.4 is 4.72 Å². The predicted molar refractivity (Wildman–Crippen MR) is 65.8 cm³/mol. The first-order valence-corrected chi connectivity index (χ1v) is 7.12. The van der Waals surface area contributed by atoms with Crippen LogP contribution in [0.3, 0.4) is 0 Å². The number of para-hydroxylation sites is 1. The fourth-order valence-corrected chi connectivity index (χ4v) is 2.56. The number of hydrogen-bond acceptors (Lipinski definition) is 5. The van der Waals surface area contributed by atoms with Crippen molar-refractivity contribution < 1.29 is 31.6 Å². The van der Waals surface area contributed by atoms with Crippen LogP contribution in [-0.2, 0) is 15.8 Å². The lowest BCUT2D eigenvalue weighted by molar-refractivity contribution is -0.385. The van der Waals surface area contributed by atoms with E-state index in [0.717, 1.165) is 6.07 Å². The number of sulfonamides is 1. The maximum Gasteiger partial charge on any atom is 0.415 e. The molecule has 0 saturated carbocycles. The lowest BCUT2D eigenvalue weighted by atomic mass is 10.2. The Morgan fingerprint density at radius 2 is 1.90 bits per heavy atom. The van der Waals surface area contributed by atoms with Crippen LogP contribution in [0, 0.1) is 10.1 Å². The van der Waals surface area contributed by atoms with Crippen molar-refractivity contribution in [1.29, 1.82) is 0 Å². The highest BCUT2D eigenvalue weighted by Crippen LogP contribution is 2.21. The number of aliphatic hydroxyl groups is 1. The third-order valence-corrected chi connectivity index (χ3v) is 3.71. The Balaban J connectivity index is 2.80. The molecule has 1 rings (SSSR count). The minimum Gasteiger partial charge on any atom is -0.382 e. The summed E-state index contributed by atoms with van der Waals surface area (Å²) in [6.45, 7) is -1.26. The molecule has 0 heterocycles. The number of benzene rings is 1. The lowest BCUT2D eigenvalue weighted by Crippen LogP contribution is -2.41. The molecule has 0 radical (unpaired) electrons. The molecule has 21 heavy (non-hydrogen) atoms. The summed E-state index contributed by atoms with van der Waals surface area (Å²) in [6, 6.07) is 4.95. The number of nitro benzene ring substituents is 1. The zero-order valence-electron chi connectivity index (χ0n) is 10.4. The van der Waals surface area contributed by atoms with Crippen molar-refractivity contribution >= 4 is 15.7 Å². The number of nitro groups is 1. The topological polar surface area (TPSA) is 110 Å². The lowest BCUT2D eigenvalue weighted by Gasteiger charge is -2.15. The summed E-state index contributed by atoms with van der Waals surface area (Å²) in [5.74, 6) is -0.866. The van der Waals surface area contributed by atoms with E-state index in [-0.39, 0.29) is 5.56 Å². The van der Waals surface area contributed by atoms with E-state index in [1.54, 1.807) is 4.72 Å². The molecule has 1 unspecified atom stereocenters. The van der Waals surface area contributed by atoms with Gasteiger partial charge in [-0.05, 0) is 0 Å². The van der Waals surface area contributed by atoms with Crippen molar-refractivity contribution in [2.45, 2.75) is 18.0 Å². The number of nitrogens with one attached hydrogen (secondary N) is 1. The molecule has 11 heteroatoms. The van der Waals surface area contributed by atoms with Crippen LogP contribution in [0.25, 0.3) is 0 Å². The monoisotopic (exact) mass is 328 g/mol. The molecule has 1 atom stereocenters. The number of rotatable bonds is 6. The van der Waals surface area contributed by atoms with Gasteiger partial charge in [0.2, 0.25) is 10.0 Å². The average Bonchev–Trinajstić information content (AvgIpc) is 2.34. The first-order chi connectivity index (χ1) is 9.53. The van der Waals surface area contributed by atoms with Crippen LogP contribution >= 0.6 is 0 Å². The summed E-state index contributed by atoms with van der Waals surface area (Å²) < 4.78 is 60.9. The van der Waals surface area contributed by atoms with Gasteiger partial charge in [-0.3, -0.25) is 10.1 Å². The van der Waals surface area contributed by atoms with E-state index in [2.05, 4.69) is 0 Å². The van der Waals surface area contributed by atoms with Gasteiger partial charge in [0.1, 0.15) is 0 Å². The van der Waals surface area contributed by atoms with Gasteiger partial charge in [-0.15, -0.1) is 0 Å². The smallest absolute Gasteiger partial charge is 0.382 e. The Hall–Kier alpha value is -1.72. The Morgan fingerprint density at radius 1 is 1.33 bits per heavy atom. The summed E-state index contributed by atoms with van der Waals surface area (Å²) in [5.41, 5.74) is -0.629. The number of nitrogens with zero attached hydrogens (tertiary/aromatic N) is 1. The Kier molecular flexibility index (Phi) is 5.25. The van der Waals surface area contributed by atoms with Crippen molar-refractivity contribution in [3.8, 4) is 0 Å². The fraction of sp³-hybridized carbons (Fsp3) is 0.400. The fourth-order valence-electron chi connectivity index (χ4n) is 1.39. The standard InChI is InChI=1S/C10H11F3N2O5S/c11-10(12,13)9(16)5-14-21(19,20)6-7-3-1-2-4-8(7)15(17)18/h1-4,9,14,16H,5-6H2. The number of hydrogen-bond donors (Lipinski definition) is 2. The zero-order valence-corrected chi connectivity index (χ0v) is 11.2. The second-order valence-corrected chi connectivity index (χ2v) is 5.86. The number of halogens is 3. The summed E-state index contributed by atoms with van der Waals surface area (Å²) in [5, 5.41) is 19.4. The van der Waals surface area contributed by atoms with Crippen molar-refractivity contribution in [3.63, 3.8) is 0 Å². The van der Waals surface area contributed by atoms with Crippen LogP contribution in [-0.4, -0.2) is 37.3 Å². The SMILES string of the molecule is O=[N+]([O-])c1ccccc1CS(=O)(=O)NCC(O)C(F)(F)F. The van der Waals surface area contributed by atoms with Crippen LogP contribution in [0.2, 0.25) is 0 Å². The quantitative estimate of drug-likeness (QED) is 0.596. The Morgan fingerprint density at radius 3 is 2.43 bits per heavy atom. The van der Waals surface area contributed by atoms with E-state index in [1.807, 2.05) is 0 Å². The van der Waals surface area contributed by atoms with Gasteiger partial charge in [0.15, 0.2) is 6.10 Å². The summed E-state index contributed by atoms with van der Waals surface area (Å²) in [6.07, 6.45) is -7.81. The second-order valence-electron chi connectivity index (χ2n) is 4.05. The maximum atomic E-state index is 12.0. The van der Waals surface area contributed by atoms with Crippen LogP contribution in [0.5, 0.6) is 0 Å². The third kappa shape index (κ3) is 5.28. The van der Waals surface area contributed by atoms with Crippen LogP contribution in [0.1, 0.15) is 5.56 Å². The zero-order chi connectivity index (χ0) is 16.3. The first kappa shape index (κ1) is 17.3. The van der Waals surface area contributed by atoms with Gasteiger partial charge in [0.25, 0.3) is 5.69 Å². The molecular formula is C10H11F3N2O5S. The van der Waals surface area contributed by atoms with Crippen LogP contribution in [0.4, 0.5) is 18.9 Å². The molecule has 7 nitrogen and oxygen atoms in total. The van der Waals surface area contributed by atoms with Gasteiger partial charge in [-0.25, -0.2) is 13.1 Å². The van der Waals surface area contributed by atoms with Crippen molar-refractivity contribution in [1.82, 2.24) is 4.72 Å². The minimum absolute atomic E-state index is 0.170. The van der Waals surface area contributed by atoms with E-state index < -0.39 is 45.2 Å². The van der Waals surface area contributed by atoms with Gasteiger partial charge in [-0.1, -0.05) is 18.2 Å². The van der Waals surface area contributed by atoms with Crippen LogP contribution in [0.15, 0.2) is 24.3 Å². The van der Waals surface area contributed by atoms with Gasteiger partial charge in [-0.2, -0.15) is 13.2 Å². The molecule has 0 bridgehead atoms. The van der Waals surface area contributed by atoms with Crippen molar-refractivity contribution in [2.75, 3.05) is 6.54 Å². The van der Waals surface area contributed by atoms with Gasteiger partial charge in [0.05, 0.1) is 10.7 Å². The predicted octanol–water partition coefficient (Wildman–Crippen LogP) is 0.937. The maximum absolute atomic E-state index is 12.0. The Bertz CT molecular complexity index is 617. The Labute approximate surface area is 117 Å². The second kappa shape index (κ2) is 6.37. The molecule has 0 aliphatic carbocycles. The highest BCUT2D eigenvalue weighted by Gasteiger charge is 2.38. The molecule has 0 aliphatic rings. The molecule has 0 saturated heterocycles. The van der Waals surface area contributed by atoms with E-state index in [4.69, 9.17) is 5.11 Å². The van der Waals surface area contributed by atoms with E-state index >= 15 is 0 Å². The molecule has 1 aromatic rings. The van der Waals surface area contributed by atoms with Gasteiger partial charge >= 0.3 is 6.18 Å². The molecular weight excluding hydrogens is 317 g/mol. The molecule has 0 fully saturated rings. The molecule has 118 valence electrons. The van der Waals surface area contributed by atoms with E-state index in [1.165, 1.54) is 18.2 Å². The highest BCUT2D eigenvalue weighted by atomic mass is 32.2. The minimum atomic E-state index is -4.96. The number of alkyl halides is 3. The molecule has 1 aromatic carbocycles. The molecule has 0 amide bonds. The molecule has 0 aromatic heterocycles. The summed E-state index contributed by atoms with van der Waals surface area (Å²) in [4.78, 5) is 9.91. The largest absolute Gasteiger partial charge is 0.415 e. The molecule has 2 N–H and O–H groups in total. The van der Waals surface area contributed by atoms with Gasteiger partial charge in [0, 0.05) is 18.2 Å². The first-order valence-electron chi connectivity index (χ1n) is 5.47. The van der Waals surface area contributed by atoms with E-state index in [0.29, 0.717) is 0 Å². The number of aliphatic hydroxyl groups excluding tert-OH is 1. The van der Waals surface area contributed by atoms with Crippen molar-refractivity contribution in [3.05, 3.63) is 39.9 Å². The summed E-state index contributed by atoms with van der Waals surface area (Å²) >= 11 is 0. The average molecular weight is 328 g/mol. The van der Waals surface area contributed by atoms with Crippen molar-refractivity contribution in [2.24, 2.45) is 0 Å². The normalized spacial score (nSPS) is 13.9.